The number of carbonyl (C=O) groups is 1. The van der Waals surface area contributed by atoms with E-state index in [1.54, 1.807) is 11.6 Å². The number of fused-ring (bicyclic) bond motifs is 1. The summed E-state index contributed by atoms with van der Waals surface area (Å²) in [5.74, 6) is -0.899. The van der Waals surface area contributed by atoms with Crippen molar-refractivity contribution in [2.45, 2.75) is 20.0 Å². The van der Waals surface area contributed by atoms with Crippen molar-refractivity contribution in [1.82, 2.24) is 9.36 Å². The number of rotatable bonds is 6. The number of hydrogen-bond acceptors (Lipinski definition) is 7. The number of benzene rings is 1. The van der Waals surface area contributed by atoms with Gasteiger partial charge in [0.1, 0.15) is 5.15 Å². The number of nitro benzene ring substituents is 1. The van der Waals surface area contributed by atoms with Crippen molar-refractivity contribution in [1.29, 1.82) is 0 Å². The molecule has 1 aliphatic rings. The maximum absolute atomic E-state index is 12.9. The molecule has 0 unspecified atom stereocenters. The molecule has 3 rings (SSSR count). The van der Waals surface area contributed by atoms with Gasteiger partial charge in [0.25, 0.3) is 5.56 Å². The van der Waals surface area contributed by atoms with Gasteiger partial charge in [0, 0.05) is 17.7 Å². The van der Waals surface area contributed by atoms with E-state index in [9.17, 15) is 19.7 Å². The van der Waals surface area contributed by atoms with Crippen LogP contribution < -0.4 is 10.3 Å². The first-order chi connectivity index (χ1) is 13.8. The molecular formula is C17H17Cl2N3O7. The van der Waals surface area contributed by atoms with Gasteiger partial charge in [0.15, 0.2) is 12.4 Å². The van der Waals surface area contributed by atoms with Crippen LogP contribution in [0.4, 0.5) is 5.69 Å². The summed E-state index contributed by atoms with van der Waals surface area (Å²) in [5, 5.41) is 11.7. The minimum absolute atomic E-state index is 0.0195. The summed E-state index contributed by atoms with van der Waals surface area (Å²) in [7, 11) is 0. The van der Waals surface area contributed by atoms with Gasteiger partial charge in [-0.3, -0.25) is 19.6 Å². The summed E-state index contributed by atoms with van der Waals surface area (Å²) in [6.45, 7) is 2.62. The van der Waals surface area contributed by atoms with Crippen LogP contribution in [0.2, 0.25) is 10.2 Å². The predicted octanol–water partition coefficient (Wildman–Crippen LogP) is 2.50. The Morgan fingerprint density at radius 1 is 1.28 bits per heavy atom. The van der Waals surface area contributed by atoms with E-state index in [4.69, 9.17) is 37.4 Å². The van der Waals surface area contributed by atoms with Gasteiger partial charge >= 0.3 is 11.7 Å². The highest BCUT2D eigenvalue weighted by molar-refractivity contribution is 6.36. The summed E-state index contributed by atoms with van der Waals surface area (Å²) >= 11 is 12.7. The number of aromatic nitrogens is 2. The number of carbonyl (C=O) groups excluding carboxylic acids is 1. The summed E-state index contributed by atoms with van der Waals surface area (Å²) in [4.78, 5) is 35.2. The van der Waals surface area contributed by atoms with Crippen LogP contribution in [0.1, 0.15) is 6.92 Å². The highest BCUT2D eigenvalue weighted by Gasteiger charge is 2.27. The van der Waals surface area contributed by atoms with E-state index < -0.39 is 28.7 Å². The highest BCUT2D eigenvalue weighted by Crippen LogP contribution is 2.39. The first kappa shape index (κ1) is 21.2. The van der Waals surface area contributed by atoms with Crippen LogP contribution in [0.25, 0.3) is 11.1 Å². The molecule has 0 amide bonds. The Hall–Kier alpha value is -2.56. The van der Waals surface area contributed by atoms with Crippen molar-refractivity contribution in [3.8, 4) is 16.9 Å². The van der Waals surface area contributed by atoms with Gasteiger partial charge in [0.05, 0.1) is 48.4 Å². The van der Waals surface area contributed by atoms with Crippen LogP contribution in [0, 0.1) is 10.1 Å². The van der Waals surface area contributed by atoms with Crippen molar-refractivity contribution >= 4 is 34.9 Å². The summed E-state index contributed by atoms with van der Waals surface area (Å²) in [5.41, 5.74) is -0.736. The molecule has 156 valence electrons. The summed E-state index contributed by atoms with van der Waals surface area (Å²) in [6.07, 6.45) is 0. The quantitative estimate of drug-likeness (QED) is 0.381. The summed E-state index contributed by atoms with van der Waals surface area (Å²) in [6, 6.07) is 2.29. The Morgan fingerprint density at radius 2 is 1.97 bits per heavy atom. The molecule has 29 heavy (non-hydrogen) atoms. The molecule has 0 atom stereocenters. The van der Waals surface area contributed by atoms with Gasteiger partial charge in [-0.2, -0.15) is 0 Å². The molecule has 0 spiro atoms. The van der Waals surface area contributed by atoms with Gasteiger partial charge in [-0.1, -0.05) is 23.2 Å². The number of halogens is 2. The van der Waals surface area contributed by atoms with E-state index in [-0.39, 0.29) is 33.7 Å². The first-order valence-corrected chi connectivity index (χ1v) is 9.44. The van der Waals surface area contributed by atoms with E-state index in [0.29, 0.717) is 26.3 Å². The fourth-order valence-electron chi connectivity index (χ4n) is 2.97. The number of esters is 1. The Kier molecular flexibility index (Phi) is 6.46. The van der Waals surface area contributed by atoms with Crippen molar-refractivity contribution in [2.24, 2.45) is 0 Å². The Labute approximate surface area is 174 Å². The zero-order chi connectivity index (χ0) is 21.1. The number of nitro groups is 1. The monoisotopic (exact) mass is 445 g/mol. The van der Waals surface area contributed by atoms with Crippen molar-refractivity contribution in [3.05, 3.63) is 42.8 Å². The third kappa shape index (κ3) is 4.24. The molecule has 0 saturated heterocycles. The first-order valence-electron chi connectivity index (χ1n) is 8.68. The standard InChI is InChI=1S/C17H17Cl2N3O7/c1-2-28-14(23)9-29-13-8-11(18)10(7-12(13)22(25)26)15-16(19)20-3-5-27-6-4-21(20)17(15)24/h7-8H,2-6,9H2,1H3. The third-order valence-corrected chi connectivity index (χ3v) is 4.93. The van der Waals surface area contributed by atoms with Gasteiger partial charge in [0.2, 0.25) is 0 Å². The highest BCUT2D eigenvalue weighted by atomic mass is 35.5. The lowest BCUT2D eigenvalue weighted by atomic mass is 10.1. The normalized spacial score (nSPS) is 13.5. The predicted molar refractivity (Wildman–Crippen MR) is 104 cm³/mol. The maximum Gasteiger partial charge on any atom is 0.344 e. The second-order valence-corrected chi connectivity index (χ2v) is 6.75. The second kappa shape index (κ2) is 8.85. The Morgan fingerprint density at radius 3 is 2.62 bits per heavy atom. The average molecular weight is 446 g/mol. The lowest BCUT2D eigenvalue weighted by Gasteiger charge is -2.09. The topological polar surface area (TPSA) is 115 Å². The molecule has 10 nitrogen and oxygen atoms in total. The second-order valence-electron chi connectivity index (χ2n) is 5.98. The third-order valence-electron chi connectivity index (χ3n) is 4.23. The number of hydrogen-bond donors (Lipinski definition) is 0. The van der Waals surface area contributed by atoms with Gasteiger partial charge < -0.3 is 14.2 Å². The zero-order valence-electron chi connectivity index (χ0n) is 15.4. The number of nitrogens with zero attached hydrogens (tertiary/aromatic N) is 3. The molecular weight excluding hydrogens is 429 g/mol. The molecule has 0 aliphatic carbocycles. The lowest BCUT2D eigenvalue weighted by molar-refractivity contribution is -0.385. The van der Waals surface area contributed by atoms with Crippen LogP contribution in [0.3, 0.4) is 0 Å². The molecule has 1 aromatic heterocycles. The Balaban J connectivity index is 2.06. The van der Waals surface area contributed by atoms with Crippen LogP contribution in [-0.4, -0.2) is 46.7 Å². The fourth-order valence-corrected chi connectivity index (χ4v) is 3.57. The van der Waals surface area contributed by atoms with Crippen LogP contribution in [-0.2, 0) is 27.4 Å². The number of ether oxygens (including phenoxy) is 3. The zero-order valence-corrected chi connectivity index (χ0v) is 16.9. The van der Waals surface area contributed by atoms with Crippen LogP contribution in [0.5, 0.6) is 5.75 Å². The van der Waals surface area contributed by atoms with Crippen molar-refractivity contribution < 1.29 is 23.9 Å². The molecule has 1 aliphatic heterocycles. The molecule has 1 aromatic carbocycles. The molecule has 12 heteroatoms. The molecule has 0 radical (unpaired) electrons. The molecule has 2 heterocycles. The molecule has 0 bridgehead atoms. The van der Waals surface area contributed by atoms with Crippen molar-refractivity contribution in [2.75, 3.05) is 26.4 Å². The van der Waals surface area contributed by atoms with Gasteiger partial charge in [-0.15, -0.1) is 0 Å². The fraction of sp³-hybridized carbons (Fsp3) is 0.412. The summed E-state index contributed by atoms with van der Waals surface area (Å²) < 4.78 is 18.2. The van der Waals surface area contributed by atoms with E-state index in [1.165, 1.54) is 10.7 Å². The molecule has 0 saturated carbocycles. The average Bonchev–Trinajstić information content (AvgIpc) is 2.84. The molecule has 0 N–H and O–H groups in total. The molecule has 0 fully saturated rings. The maximum atomic E-state index is 12.9. The smallest absolute Gasteiger partial charge is 0.344 e. The van der Waals surface area contributed by atoms with Crippen LogP contribution in [0.15, 0.2) is 16.9 Å². The minimum Gasteiger partial charge on any atom is -0.475 e. The largest absolute Gasteiger partial charge is 0.475 e. The minimum atomic E-state index is -0.694. The SMILES string of the molecule is CCOC(=O)COc1cc(Cl)c(-c2c(Cl)n3n(c2=O)CCOCC3)cc1[N+](=O)[O-]. The van der Waals surface area contributed by atoms with Gasteiger partial charge in [-0.05, 0) is 6.92 Å². The van der Waals surface area contributed by atoms with E-state index in [2.05, 4.69) is 0 Å². The van der Waals surface area contributed by atoms with Gasteiger partial charge in [-0.25, -0.2) is 9.48 Å². The van der Waals surface area contributed by atoms with E-state index >= 15 is 0 Å². The van der Waals surface area contributed by atoms with E-state index in [1.807, 2.05) is 0 Å². The molecule has 2 aromatic rings. The van der Waals surface area contributed by atoms with Crippen LogP contribution >= 0.6 is 23.2 Å². The van der Waals surface area contributed by atoms with E-state index in [0.717, 1.165) is 6.07 Å². The lowest BCUT2D eigenvalue weighted by Crippen LogP contribution is -2.23. The van der Waals surface area contributed by atoms with Crippen molar-refractivity contribution in [3.63, 3.8) is 0 Å². The Bertz CT molecular complexity index is 1020.